The molecule has 27 heavy (non-hydrogen) atoms. The van der Waals surface area contributed by atoms with Crippen molar-refractivity contribution in [3.63, 3.8) is 0 Å². The van der Waals surface area contributed by atoms with Crippen LogP contribution in [0.5, 0.6) is 0 Å². The predicted octanol–water partition coefficient (Wildman–Crippen LogP) is 6.82. The molecule has 0 saturated heterocycles. The zero-order valence-electron chi connectivity index (χ0n) is 16.2. The molecule has 1 aromatic rings. The zero-order chi connectivity index (χ0) is 18.7. The Morgan fingerprint density at radius 3 is 2.70 bits per heavy atom. The lowest BCUT2D eigenvalue weighted by molar-refractivity contribution is 0.399. The van der Waals surface area contributed by atoms with Crippen LogP contribution in [0.15, 0.2) is 18.9 Å². The van der Waals surface area contributed by atoms with Gasteiger partial charge < -0.3 is 10.6 Å². The van der Waals surface area contributed by atoms with E-state index in [0.717, 1.165) is 49.5 Å². The molecule has 1 aromatic heterocycles. The number of rotatable bonds is 10. The van der Waals surface area contributed by atoms with Crippen LogP contribution in [0.3, 0.4) is 0 Å². The summed E-state index contributed by atoms with van der Waals surface area (Å²) in [5.74, 6) is 1.98. The van der Waals surface area contributed by atoms with Gasteiger partial charge in [-0.05, 0) is 67.2 Å². The fourth-order valence-electron chi connectivity index (χ4n) is 3.78. The molecule has 2 atom stereocenters. The number of hydrogen-bond donors (Lipinski definition) is 2. The van der Waals surface area contributed by atoms with E-state index < -0.39 is 0 Å². The van der Waals surface area contributed by atoms with Gasteiger partial charge in [0.2, 0.25) is 0 Å². The quantitative estimate of drug-likeness (QED) is 0.418. The largest absolute Gasteiger partial charge is 0.385 e. The molecule has 4 heteroatoms. The van der Waals surface area contributed by atoms with E-state index >= 15 is 0 Å². The summed E-state index contributed by atoms with van der Waals surface area (Å²) in [4.78, 5) is 1.52. The van der Waals surface area contributed by atoms with E-state index in [-0.39, 0.29) is 7.43 Å². The molecule has 0 amide bonds. The average Bonchev–Trinajstić information content (AvgIpc) is 3.39. The first-order valence-corrected chi connectivity index (χ1v) is 11.3. The monoisotopic (exact) mass is 404 g/mol. The average molecular weight is 405 g/mol. The molecule has 2 N–H and O–H groups in total. The van der Waals surface area contributed by atoms with E-state index in [1.165, 1.54) is 40.3 Å². The smallest absolute Gasteiger partial charge is 0.102 e. The predicted molar refractivity (Wildman–Crippen MR) is 127 cm³/mol. The van der Waals surface area contributed by atoms with Crippen molar-refractivity contribution in [2.24, 2.45) is 17.8 Å². The fourth-order valence-corrected chi connectivity index (χ4v) is 5.32. The number of aryl methyl sites for hydroxylation is 1. The van der Waals surface area contributed by atoms with Crippen molar-refractivity contribution in [1.29, 1.82) is 0 Å². The van der Waals surface area contributed by atoms with Gasteiger partial charge in [0.05, 0.1) is 0 Å². The summed E-state index contributed by atoms with van der Waals surface area (Å²) in [5, 5.41) is 10.4. The molecule has 2 aliphatic rings. The number of allylic oxidation sites excluding steroid dienone is 1. The number of thiocarbonyl (C=S) groups is 1. The summed E-state index contributed by atoms with van der Waals surface area (Å²) in [6.07, 6.45) is 8.34. The summed E-state index contributed by atoms with van der Waals surface area (Å²) in [6.45, 7) is 14.1. The van der Waals surface area contributed by atoms with E-state index in [0.29, 0.717) is 11.8 Å². The SMILES string of the molecule is C.C=C(CCC)Nc1sc2c(c1C(=C)NCC1CC1)CC(C(C)C=S)CC2. The van der Waals surface area contributed by atoms with E-state index in [4.69, 9.17) is 12.2 Å². The normalized spacial score (nSPS) is 19.4. The minimum Gasteiger partial charge on any atom is -0.385 e. The lowest BCUT2D eigenvalue weighted by Gasteiger charge is -2.26. The topological polar surface area (TPSA) is 24.1 Å². The van der Waals surface area contributed by atoms with Gasteiger partial charge in [-0.3, -0.25) is 0 Å². The highest BCUT2D eigenvalue weighted by atomic mass is 32.1. The van der Waals surface area contributed by atoms with Crippen molar-refractivity contribution in [3.05, 3.63) is 34.9 Å². The molecule has 0 bridgehead atoms. The summed E-state index contributed by atoms with van der Waals surface area (Å²) < 4.78 is 0. The van der Waals surface area contributed by atoms with Gasteiger partial charge in [-0.25, -0.2) is 0 Å². The molecule has 0 radical (unpaired) electrons. The molecule has 0 spiro atoms. The third-order valence-corrected chi connectivity index (χ3v) is 7.34. The highest BCUT2D eigenvalue weighted by Crippen LogP contribution is 2.44. The molecular weight excluding hydrogens is 368 g/mol. The van der Waals surface area contributed by atoms with Crippen LogP contribution in [0.1, 0.15) is 69.4 Å². The van der Waals surface area contributed by atoms with Crippen molar-refractivity contribution in [3.8, 4) is 0 Å². The zero-order valence-corrected chi connectivity index (χ0v) is 17.8. The summed E-state index contributed by atoms with van der Waals surface area (Å²) in [7, 11) is 0. The third-order valence-electron chi connectivity index (χ3n) is 5.70. The Balaban J connectivity index is 0.00000261. The van der Waals surface area contributed by atoms with Gasteiger partial charge >= 0.3 is 0 Å². The molecule has 150 valence electrons. The van der Waals surface area contributed by atoms with Crippen LogP contribution in [0, 0.1) is 17.8 Å². The number of anilines is 1. The van der Waals surface area contributed by atoms with Gasteiger partial charge in [-0.2, -0.15) is 0 Å². The van der Waals surface area contributed by atoms with Crippen molar-refractivity contribution in [2.75, 3.05) is 11.9 Å². The van der Waals surface area contributed by atoms with Crippen LogP contribution in [0.4, 0.5) is 5.00 Å². The minimum absolute atomic E-state index is 0. The number of thiophene rings is 1. The Labute approximate surface area is 175 Å². The second kappa shape index (κ2) is 9.88. The van der Waals surface area contributed by atoms with Gasteiger partial charge in [-0.15, -0.1) is 11.3 Å². The van der Waals surface area contributed by atoms with Crippen LogP contribution in [-0.4, -0.2) is 11.9 Å². The summed E-state index contributed by atoms with van der Waals surface area (Å²) >= 11 is 7.14. The second-order valence-corrected chi connectivity index (χ2v) is 9.36. The Morgan fingerprint density at radius 2 is 2.07 bits per heavy atom. The third kappa shape index (κ3) is 5.45. The summed E-state index contributed by atoms with van der Waals surface area (Å²) in [5.41, 5.74) is 4.99. The van der Waals surface area contributed by atoms with Crippen molar-refractivity contribution >= 4 is 39.6 Å². The molecule has 0 aliphatic heterocycles. The molecule has 1 fully saturated rings. The van der Waals surface area contributed by atoms with Gasteiger partial charge in [0.25, 0.3) is 0 Å². The van der Waals surface area contributed by atoms with Crippen LogP contribution >= 0.6 is 23.6 Å². The highest BCUT2D eigenvalue weighted by Gasteiger charge is 2.30. The molecule has 0 aromatic carbocycles. The summed E-state index contributed by atoms with van der Waals surface area (Å²) in [6, 6.07) is 0. The van der Waals surface area contributed by atoms with Gasteiger partial charge in [0.1, 0.15) is 5.00 Å². The van der Waals surface area contributed by atoms with Crippen molar-refractivity contribution in [2.45, 2.75) is 66.2 Å². The maximum Gasteiger partial charge on any atom is 0.102 e. The minimum atomic E-state index is 0. The Hall–Kier alpha value is -1.13. The van der Waals surface area contributed by atoms with Crippen molar-refractivity contribution in [1.82, 2.24) is 5.32 Å². The Morgan fingerprint density at radius 1 is 1.33 bits per heavy atom. The molecule has 1 saturated carbocycles. The Bertz CT molecular complexity index is 685. The first-order chi connectivity index (χ1) is 12.5. The van der Waals surface area contributed by atoms with E-state index in [1.54, 1.807) is 0 Å². The van der Waals surface area contributed by atoms with Crippen LogP contribution in [0.2, 0.25) is 0 Å². The standard InChI is InChI=1S/C22H32N2S2.CH4/c1-5-6-15(3)24-22-21(16(4)23-12-17-7-8-17)19-11-18(14(2)13-25)9-10-20(19)26-22;/h13-14,17-18,23-24H,3-12H2,1-2H3;1H4. The molecule has 1 heterocycles. The first kappa shape index (κ1) is 22.2. The van der Waals surface area contributed by atoms with Gasteiger partial charge in [0.15, 0.2) is 0 Å². The highest BCUT2D eigenvalue weighted by molar-refractivity contribution is 7.79. The molecule has 2 aliphatic carbocycles. The first-order valence-electron chi connectivity index (χ1n) is 10.0. The van der Waals surface area contributed by atoms with E-state index in [9.17, 15) is 0 Å². The number of hydrogen-bond acceptors (Lipinski definition) is 4. The van der Waals surface area contributed by atoms with E-state index in [1.807, 2.05) is 16.7 Å². The fraction of sp³-hybridized carbons (Fsp3) is 0.609. The van der Waals surface area contributed by atoms with Gasteiger partial charge in [-0.1, -0.05) is 53.1 Å². The molecule has 2 unspecified atom stereocenters. The van der Waals surface area contributed by atoms with Crippen LogP contribution in [-0.2, 0) is 12.8 Å². The molecule has 2 nitrogen and oxygen atoms in total. The van der Waals surface area contributed by atoms with Crippen LogP contribution < -0.4 is 10.6 Å². The Kier molecular flexibility index (Phi) is 8.11. The van der Waals surface area contributed by atoms with Crippen LogP contribution in [0.25, 0.3) is 5.70 Å². The number of fused-ring (bicyclic) bond motifs is 1. The second-order valence-electron chi connectivity index (χ2n) is 7.99. The number of nitrogens with one attached hydrogen (secondary N) is 2. The van der Waals surface area contributed by atoms with Crippen molar-refractivity contribution < 1.29 is 0 Å². The lowest BCUT2D eigenvalue weighted by Crippen LogP contribution is -2.22. The van der Waals surface area contributed by atoms with Gasteiger partial charge in [0, 0.05) is 28.4 Å². The maximum atomic E-state index is 5.23. The maximum absolute atomic E-state index is 5.23. The molecular formula is C23H36N2S2. The molecule has 3 rings (SSSR count). The van der Waals surface area contributed by atoms with E-state index in [2.05, 4.69) is 37.6 Å². The lowest BCUT2D eigenvalue weighted by atomic mass is 9.80.